The number of alkyl halides is 3. The zero-order valence-corrected chi connectivity index (χ0v) is 19.8. The molecule has 0 aliphatic heterocycles. The minimum Gasteiger partial charge on any atom is -0.490 e. The molecule has 0 spiro atoms. The number of amides is 1. The van der Waals surface area contributed by atoms with Crippen LogP contribution in [0.3, 0.4) is 0 Å². The first-order chi connectivity index (χ1) is 17.0. The summed E-state index contributed by atoms with van der Waals surface area (Å²) in [5, 5.41) is 15.7. The fourth-order valence-electron chi connectivity index (χ4n) is 2.90. The van der Waals surface area contributed by atoms with Crippen LogP contribution in [0, 0.1) is 10.1 Å². The van der Waals surface area contributed by atoms with Crippen molar-refractivity contribution in [2.75, 3.05) is 6.61 Å². The van der Waals surface area contributed by atoms with Gasteiger partial charge in [0, 0.05) is 11.1 Å². The Morgan fingerprint density at radius 3 is 2.44 bits per heavy atom. The van der Waals surface area contributed by atoms with Crippen molar-refractivity contribution in [3.63, 3.8) is 0 Å². The quantitative estimate of drug-likeness (QED) is 0.190. The Hall–Kier alpha value is -3.83. The van der Waals surface area contributed by atoms with E-state index >= 15 is 0 Å². The van der Waals surface area contributed by atoms with E-state index in [9.17, 15) is 28.1 Å². The molecule has 3 rings (SSSR count). The average molecular weight is 542 g/mol. The number of carbonyl (C=O) groups is 1. The van der Waals surface area contributed by atoms with Gasteiger partial charge in [0.2, 0.25) is 5.75 Å². The second kappa shape index (κ2) is 11.3. The standard InChI is InChI=1S/C23H16Cl2F3N3O5/c1-2-35-21-9-13(12-29-30-22(32)16-6-5-15(24)11-17(16)25)3-7-20(21)36-19-8-4-14(23(26,27)28)10-18(19)31(33)34/h3-12H,2H2,1H3,(H,30,32)/b29-12+. The monoisotopic (exact) mass is 541 g/mol. The summed E-state index contributed by atoms with van der Waals surface area (Å²) in [6.45, 7) is 1.87. The smallest absolute Gasteiger partial charge is 0.416 e. The molecule has 0 radical (unpaired) electrons. The largest absolute Gasteiger partial charge is 0.490 e. The molecule has 1 amide bonds. The van der Waals surface area contributed by atoms with Crippen LogP contribution in [0.4, 0.5) is 18.9 Å². The molecule has 0 saturated heterocycles. The van der Waals surface area contributed by atoms with Gasteiger partial charge in [-0.3, -0.25) is 14.9 Å². The number of hydrogen-bond acceptors (Lipinski definition) is 6. The molecule has 0 aliphatic rings. The molecule has 36 heavy (non-hydrogen) atoms. The Balaban J connectivity index is 1.82. The van der Waals surface area contributed by atoms with Crippen molar-refractivity contribution in [3.8, 4) is 17.2 Å². The van der Waals surface area contributed by atoms with Crippen LogP contribution < -0.4 is 14.9 Å². The number of carbonyl (C=O) groups excluding carboxylic acids is 1. The van der Waals surface area contributed by atoms with Crippen LogP contribution in [0.1, 0.15) is 28.4 Å². The summed E-state index contributed by atoms with van der Waals surface area (Å²) in [5.74, 6) is -0.813. The molecule has 3 aromatic carbocycles. The minimum absolute atomic E-state index is 0.0221. The number of hydrazone groups is 1. The van der Waals surface area contributed by atoms with Crippen molar-refractivity contribution in [3.05, 3.63) is 91.4 Å². The molecule has 0 atom stereocenters. The first-order valence-corrected chi connectivity index (χ1v) is 10.8. The van der Waals surface area contributed by atoms with Gasteiger partial charge in [-0.05, 0) is 61.0 Å². The molecule has 13 heteroatoms. The molecule has 0 aromatic heterocycles. The number of nitrogens with zero attached hydrogens (tertiary/aromatic N) is 2. The highest BCUT2D eigenvalue weighted by molar-refractivity contribution is 6.36. The third-order valence-electron chi connectivity index (χ3n) is 4.53. The van der Waals surface area contributed by atoms with Gasteiger partial charge in [-0.25, -0.2) is 5.43 Å². The van der Waals surface area contributed by atoms with Crippen LogP contribution in [0.15, 0.2) is 59.7 Å². The van der Waals surface area contributed by atoms with Crippen molar-refractivity contribution < 1.29 is 32.4 Å². The molecule has 0 aliphatic carbocycles. The van der Waals surface area contributed by atoms with Gasteiger partial charge in [-0.15, -0.1) is 0 Å². The maximum Gasteiger partial charge on any atom is 0.416 e. The maximum absolute atomic E-state index is 12.9. The molecule has 0 fully saturated rings. The summed E-state index contributed by atoms with van der Waals surface area (Å²) in [6, 6.07) is 10.7. The van der Waals surface area contributed by atoms with E-state index in [4.69, 9.17) is 32.7 Å². The number of hydrogen-bond donors (Lipinski definition) is 1. The van der Waals surface area contributed by atoms with Crippen LogP contribution in [0.5, 0.6) is 17.2 Å². The number of nitrogens with one attached hydrogen (secondary N) is 1. The first kappa shape index (κ1) is 26.8. The highest BCUT2D eigenvalue weighted by Crippen LogP contribution is 2.40. The van der Waals surface area contributed by atoms with Gasteiger partial charge in [0.15, 0.2) is 11.5 Å². The van der Waals surface area contributed by atoms with Crippen LogP contribution in [0.25, 0.3) is 0 Å². The molecular formula is C23H16Cl2F3N3O5. The second-order valence-corrected chi connectivity index (χ2v) is 7.85. The zero-order chi connectivity index (χ0) is 26.5. The maximum atomic E-state index is 12.9. The molecule has 0 saturated carbocycles. The summed E-state index contributed by atoms with van der Waals surface area (Å²) in [4.78, 5) is 22.6. The van der Waals surface area contributed by atoms with E-state index in [1.54, 1.807) is 6.92 Å². The SMILES string of the molecule is CCOc1cc(/C=N/NC(=O)c2ccc(Cl)cc2Cl)ccc1Oc1ccc(C(F)(F)F)cc1[N+](=O)[O-]. The summed E-state index contributed by atoms with van der Waals surface area (Å²) < 4.78 is 49.9. The molecule has 0 bridgehead atoms. The van der Waals surface area contributed by atoms with E-state index in [1.165, 1.54) is 42.6 Å². The summed E-state index contributed by atoms with van der Waals surface area (Å²) in [6.07, 6.45) is -3.45. The number of nitro benzene ring substituents is 1. The van der Waals surface area contributed by atoms with E-state index in [-0.39, 0.29) is 28.7 Å². The van der Waals surface area contributed by atoms with Gasteiger partial charge in [0.25, 0.3) is 5.91 Å². The van der Waals surface area contributed by atoms with Crippen LogP contribution in [-0.2, 0) is 6.18 Å². The molecule has 0 heterocycles. The number of ether oxygens (including phenoxy) is 2. The van der Waals surface area contributed by atoms with Gasteiger partial charge >= 0.3 is 11.9 Å². The third kappa shape index (κ3) is 6.64. The van der Waals surface area contributed by atoms with Crippen LogP contribution in [-0.4, -0.2) is 23.7 Å². The van der Waals surface area contributed by atoms with Gasteiger partial charge in [0.05, 0.1) is 33.9 Å². The molecule has 188 valence electrons. The zero-order valence-electron chi connectivity index (χ0n) is 18.3. The van der Waals surface area contributed by atoms with Crippen LogP contribution >= 0.6 is 23.2 Å². The van der Waals surface area contributed by atoms with Crippen LogP contribution in [0.2, 0.25) is 10.0 Å². The second-order valence-electron chi connectivity index (χ2n) is 7.00. The van der Waals surface area contributed by atoms with Gasteiger partial charge in [-0.1, -0.05) is 23.2 Å². The number of rotatable bonds is 8. The Bertz CT molecular complexity index is 1330. The van der Waals surface area contributed by atoms with Gasteiger partial charge in [0.1, 0.15) is 0 Å². The Labute approximate surface area is 212 Å². The highest BCUT2D eigenvalue weighted by atomic mass is 35.5. The lowest BCUT2D eigenvalue weighted by molar-refractivity contribution is -0.385. The summed E-state index contributed by atoms with van der Waals surface area (Å²) in [7, 11) is 0. The normalized spacial score (nSPS) is 11.4. The van der Waals surface area contributed by atoms with E-state index in [1.807, 2.05) is 0 Å². The first-order valence-electron chi connectivity index (χ1n) is 10.1. The van der Waals surface area contributed by atoms with Crippen molar-refractivity contribution in [1.82, 2.24) is 5.43 Å². The predicted octanol–water partition coefficient (Wildman–Crippen LogP) is 6.88. The highest BCUT2D eigenvalue weighted by Gasteiger charge is 2.33. The van der Waals surface area contributed by atoms with E-state index in [0.717, 1.165) is 6.07 Å². The van der Waals surface area contributed by atoms with Crippen molar-refractivity contribution in [2.45, 2.75) is 13.1 Å². The fraction of sp³-hybridized carbons (Fsp3) is 0.130. The summed E-state index contributed by atoms with van der Waals surface area (Å²) >= 11 is 11.8. The third-order valence-corrected chi connectivity index (χ3v) is 5.07. The van der Waals surface area contributed by atoms with E-state index in [2.05, 4.69) is 10.5 Å². The molecule has 8 nitrogen and oxygen atoms in total. The lowest BCUT2D eigenvalue weighted by Gasteiger charge is -2.13. The molecule has 0 unspecified atom stereocenters. The van der Waals surface area contributed by atoms with E-state index in [0.29, 0.717) is 22.7 Å². The number of nitro groups is 1. The lowest BCUT2D eigenvalue weighted by atomic mass is 10.1. The van der Waals surface area contributed by atoms with Crippen molar-refractivity contribution in [1.29, 1.82) is 0 Å². The lowest BCUT2D eigenvalue weighted by Crippen LogP contribution is -2.18. The average Bonchev–Trinajstić information content (AvgIpc) is 2.80. The summed E-state index contributed by atoms with van der Waals surface area (Å²) in [5.41, 5.74) is 0.891. The van der Waals surface area contributed by atoms with Gasteiger partial charge in [-0.2, -0.15) is 18.3 Å². The minimum atomic E-state index is -4.75. The molecule has 3 aromatic rings. The molecule has 1 N–H and O–H groups in total. The number of benzene rings is 3. The Kier molecular flexibility index (Phi) is 8.38. The number of halogens is 5. The predicted molar refractivity (Wildman–Crippen MR) is 127 cm³/mol. The van der Waals surface area contributed by atoms with Crippen molar-refractivity contribution in [2.24, 2.45) is 5.10 Å². The van der Waals surface area contributed by atoms with Gasteiger partial charge < -0.3 is 9.47 Å². The Morgan fingerprint density at radius 2 is 1.81 bits per heavy atom. The molecular weight excluding hydrogens is 526 g/mol. The topological polar surface area (TPSA) is 103 Å². The Morgan fingerprint density at radius 1 is 1.08 bits per heavy atom. The van der Waals surface area contributed by atoms with Crippen molar-refractivity contribution >= 4 is 41.0 Å². The fourth-order valence-corrected chi connectivity index (χ4v) is 3.39. The van der Waals surface area contributed by atoms with E-state index < -0.39 is 34.0 Å².